The highest BCUT2D eigenvalue weighted by Crippen LogP contribution is 2.38. The zero-order valence-electron chi connectivity index (χ0n) is 20.1. The highest BCUT2D eigenvalue weighted by molar-refractivity contribution is 5.78. The topological polar surface area (TPSA) is 107 Å². The Morgan fingerprint density at radius 2 is 1.85 bits per heavy atom. The molecule has 2 rings (SSSR count). The van der Waals surface area contributed by atoms with E-state index in [1.54, 1.807) is 37.4 Å². The molecule has 0 radical (unpaired) electrons. The molecule has 2 aromatic rings. The normalized spacial score (nSPS) is 10.7. The molecule has 0 spiro atoms. The van der Waals surface area contributed by atoms with Crippen LogP contribution in [0.15, 0.2) is 30.3 Å². The number of carbonyl (C=O) groups excluding carboxylic acids is 1. The highest BCUT2D eigenvalue weighted by Gasteiger charge is 2.30. The first-order valence-corrected chi connectivity index (χ1v) is 11.3. The summed E-state index contributed by atoms with van der Waals surface area (Å²) in [5, 5.41) is 15.4. The van der Waals surface area contributed by atoms with E-state index < -0.39 is 4.92 Å². The van der Waals surface area contributed by atoms with Gasteiger partial charge in [0, 0.05) is 24.3 Å². The molecule has 0 unspecified atom stereocenters. The number of carbonyl (C=O) groups is 1. The van der Waals surface area contributed by atoms with Crippen molar-refractivity contribution >= 4 is 28.8 Å². The largest absolute Gasteiger partial charge is 0.497 e. The summed E-state index contributed by atoms with van der Waals surface area (Å²) in [5.74, 6) is 0.482. The summed E-state index contributed by atoms with van der Waals surface area (Å²) in [5.41, 5.74) is 1.68. The molecule has 1 N–H and O–H groups in total. The summed E-state index contributed by atoms with van der Waals surface area (Å²) in [6.45, 7) is 7.86. The number of hydrogen-bond acceptors (Lipinski definition) is 8. The number of aryl methyl sites for hydroxylation is 1. The van der Waals surface area contributed by atoms with Crippen molar-refractivity contribution in [2.75, 3.05) is 30.5 Å². The van der Waals surface area contributed by atoms with Crippen LogP contribution in [0.5, 0.6) is 5.75 Å². The maximum atomic E-state index is 12.3. The average molecular weight is 459 g/mol. The summed E-state index contributed by atoms with van der Waals surface area (Å²) in [6, 6.07) is 8.92. The molecular weight excluding hydrogens is 424 g/mol. The first kappa shape index (κ1) is 25.9. The fraction of sp³-hybridized carbons (Fsp3) is 0.500. The first-order valence-electron chi connectivity index (χ1n) is 11.3. The Labute approximate surface area is 195 Å². The number of anilines is 3. The van der Waals surface area contributed by atoms with Crippen LogP contribution in [0.1, 0.15) is 52.1 Å². The summed E-state index contributed by atoms with van der Waals surface area (Å²) in [7, 11) is 1.58. The van der Waals surface area contributed by atoms with Crippen molar-refractivity contribution < 1.29 is 19.2 Å². The van der Waals surface area contributed by atoms with Crippen LogP contribution in [-0.2, 0) is 9.53 Å². The van der Waals surface area contributed by atoms with Crippen LogP contribution >= 0.6 is 0 Å². The minimum Gasteiger partial charge on any atom is -0.497 e. The van der Waals surface area contributed by atoms with Gasteiger partial charge in [-0.3, -0.25) is 14.9 Å². The number of pyridine rings is 1. The molecule has 0 amide bonds. The lowest BCUT2D eigenvalue weighted by molar-refractivity contribution is -0.383. The molecule has 1 aromatic carbocycles. The van der Waals surface area contributed by atoms with Crippen LogP contribution in [0.4, 0.5) is 22.9 Å². The van der Waals surface area contributed by atoms with Gasteiger partial charge in [0.25, 0.3) is 0 Å². The molecule has 180 valence electrons. The molecule has 0 aliphatic heterocycles. The molecule has 9 nitrogen and oxygen atoms in total. The van der Waals surface area contributed by atoms with Crippen molar-refractivity contribution in [2.24, 2.45) is 0 Å². The fourth-order valence-electron chi connectivity index (χ4n) is 3.86. The number of methoxy groups -OCH3 is 1. The highest BCUT2D eigenvalue weighted by atomic mass is 16.6. The van der Waals surface area contributed by atoms with Gasteiger partial charge in [-0.2, -0.15) is 0 Å². The van der Waals surface area contributed by atoms with Gasteiger partial charge >= 0.3 is 11.7 Å². The number of nitrogens with one attached hydrogen (secondary N) is 1. The van der Waals surface area contributed by atoms with E-state index >= 15 is 0 Å². The van der Waals surface area contributed by atoms with Crippen LogP contribution in [0.3, 0.4) is 0 Å². The Hall–Kier alpha value is -3.36. The molecule has 0 saturated heterocycles. The van der Waals surface area contributed by atoms with Crippen LogP contribution in [0.25, 0.3) is 0 Å². The third-order valence-electron chi connectivity index (χ3n) is 5.27. The minimum absolute atomic E-state index is 0.0740. The van der Waals surface area contributed by atoms with Crippen LogP contribution in [-0.4, -0.2) is 42.2 Å². The second kappa shape index (κ2) is 12.6. The Kier molecular flexibility index (Phi) is 9.90. The van der Waals surface area contributed by atoms with Gasteiger partial charge in [-0.25, -0.2) is 4.98 Å². The third kappa shape index (κ3) is 7.34. The van der Waals surface area contributed by atoms with Crippen molar-refractivity contribution in [2.45, 2.75) is 59.4 Å². The minimum atomic E-state index is -0.401. The summed E-state index contributed by atoms with van der Waals surface area (Å²) < 4.78 is 10.4. The number of benzene rings is 1. The Balaban J connectivity index is 2.55. The molecule has 0 aliphatic rings. The second-order valence-electron chi connectivity index (χ2n) is 7.86. The standard InChI is InChI=1S/C24H34N4O5/c1-6-8-20(9-7-2)27(14-15-33-18(4)29)22-16-17(3)25-24(23(22)28(30)31)26-19-10-12-21(32-5)13-11-19/h10-13,16,20H,6-9,14-15H2,1-5H3,(H,25,26). The predicted octanol–water partition coefficient (Wildman–Crippen LogP) is 5.39. The van der Waals surface area contributed by atoms with Crippen molar-refractivity contribution in [3.05, 3.63) is 46.1 Å². The molecular formula is C24H34N4O5. The van der Waals surface area contributed by atoms with Gasteiger partial charge in [-0.1, -0.05) is 26.7 Å². The van der Waals surface area contributed by atoms with E-state index in [9.17, 15) is 14.9 Å². The zero-order valence-corrected chi connectivity index (χ0v) is 20.1. The Morgan fingerprint density at radius 1 is 1.21 bits per heavy atom. The monoisotopic (exact) mass is 458 g/mol. The van der Waals surface area contributed by atoms with E-state index in [1.165, 1.54) is 6.92 Å². The lowest BCUT2D eigenvalue weighted by Crippen LogP contribution is -2.38. The van der Waals surface area contributed by atoms with E-state index in [2.05, 4.69) is 24.1 Å². The van der Waals surface area contributed by atoms with Crippen molar-refractivity contribution in [3.63, 3.8) is 0 Å². The lowest BCUT2D eigenvalue weighted by atomic mass is 10.0. The fourth-order valence-corrected chi connectivity index (χ4v) is 3.86. The van der Waals surface area contributed by atoms with E-state index in [0.29, 0.717) is 29.4 Å². The quantitative estimate of drug-likeness (QED) is 0.242. The van der Waals surface area contributed by atoms with Crippen LogP contribution in [0, 0.1) is 17.0 Å². The number of aromatic nitrogens is 1. The van der Waals surface area contributed by atoms with E-state index in [4.69, 9.17) is 9.47 Å². The maximum Gasteiger partial charge on any atom is 0.334 e. The Bertz CT molecular complexity index is 927. The molecule has 33 heavy (non-hydrogen) atoms. The van der Waals surface area contributed by atoms with Gasteiger partial charge in [0.15, 0.2) is 0 Å². The maximum absolute atomic E-state index is 12.3. The van der Waals surface area contributed by atoms with Gasteiger partial charge in [0.05, 0.1) is 18.6 Å². The van der Waals surface area contributed by atoms with E-state index in [-0.39, 0.29) is 30.1 Å². The number of ether oxygens (including phenoxy) is 2. The number of nitrogens with zero attached hydrogens (tertiary/aromatic N) is 3. The SMILES string of the molecule is CCCC(CCC)N(CCOC(C)=O)c1cc(C)nc(Nc2ccc(OC)cc2)c1[N+](=O)[O-]. The Morgan fingerprint density at radius 3 is 2.36 bits per heavy atom. The average Bonchev–Trinajstić information content (AvgIpc) is 2.76. The summed E-state index contributed by atoms with van der Waals surface area (Å²) >= 11 is 0. The molecule has 1 heterocycles. The van der Waals surface area contributed by atoms with E-state index in [0.717, 1.165) is 25.7 Å². The summed E-state index contributed by atoms with van der Waals surface area (Å²) in [4.78, 5) is 29.6. The summed E-state index contributed by atoms with van der Waals surface area (Å²) in [6.07, 6.45) is 3.61. The van der Waals surface area contributed by atoms with Gasteiger partial charge in [-0.15, -0.1) is 0 Å². The molecule has 0 bridgehead atoms. The smallest absolute Gasteiger partial charge is 0.334 e. The van der Waals surface area contributed by atoms with Gasteiger partial charge < -0.3 is 19.7 Å². The second-order valence-corrected chi connectivity index (χ2v) is 7.86. The molecule has 1 aromatic heterocycles. The van der Waals surface area contributed by atoms with Gasteiger partial charge in [0.2, 0.25) is 5.82 Å². The predicted molar refractivity (Wildman–Crippen MR) is 129 cm³/mol. The number of hydrogen-bond donors (Lipinski definition) is 1. The molecule has 0 saturated carbocycles. The van der Waals surface area contributed by atoms with Crippen molar-refractivity contribution in [1.29, 1.82) is 0 Å². The van der Waals surface area contributed by atoms with E-state index in [1.807, 2.05) is 11.8 Å². The molecule has 0 aliphatic carbocycles. The number of esters is 1. The molecule has 9 heteroatoms. The first-order chi connectivity index (χ1) is 15.8. The number of nitro groups is 1. The third-order valence-corrected chi connectivity index (χ3v) is 5.27. The number of rotatable bonds is 13. The lowest BCUT2D eigenvalue weighted by Gasteiger charge is -2.33. The van der Waals surface area contributed by atoms with Crippen LogP contribution < -0.4 is 15.0 Å². The molecule has 0 atom stereocenters. The molecule has 0 fully saturated rings. The zero-order chi connectivity index (χ0) is 24.4. The van der Waals surface area contributed by atoms with Crippen molar-refractivity contribution in [3.8, 4) is 5.75 Å². The van der Waals surface area contributed by atoms with Crippen molar-refractivity contribution in [1.82, 2.24) is 4.98 Å². The van der Waals surface area contributed by atoms with Gasteiger partial charge in [0.1, 0.15) is 18.0 Å². The van der Waals surface area contributed by atoms with Crippen LogP contribution in [0.2, 0.25) is 0 Å². The van der Waals surface area contributed by atoms with Gasteiger partial charge in [-0.05, 0) is 50.1 Å².